The van der Waals surface area contributed by atoms with E-state index in [9.17, 15) is 4.79 Å². The van der Waals surface area contributed by atoms with E-state index in [1.807, 2.05) is 36.4 Å². The van der Waals surface area contributed by atoms with Gasteiger partial charge in [-0.25, -0.2) is 0 Å². The highest BCUT2D eigenvalue weighted by Crippen LogP contribution is 2.38. The van der Waals surface area contributed by atoms with Crippen molar-refractivity contribution in [1.82, 2.24) is 14.8 Å². The average molecular weight is 532 g/mol. The van der Waals surface area contributed by atoms with E-state index in [0.29, 0.717) is 24.5 Å². The number of carbonyl (C=O) groups excluding carboxylic acids is 1. The second kappa shape index (κ2) is 12.5. The third-order valence-corrected chi connectivity index (χ3v) is 7.58. The van der Waals surface area contributed by atoms with Crippen molar-refractivity contribution < 1.29 is 14.3 Å². The van der Waals surface area contributed by atoms with Crippen LogP contribution in [0.15, 0.2) is 79.0 Å². The molecule has 1 amide bonds. The zero-order valence-corrected chi connectivity index (χ0v) is 22.5. The van der Waals surface area contributed by atoms with Gasteiger partial charge in [0.15, 0.2) is 0 Å². The number of para-hydroxylation sites is 1. The Morgan fingerprint density at radius 2 is 1.74 bits per heavy atom. The van der Waals surface area contributed by atoms with Crippen LogP contribution in [0.4, 0.5) is 0 Å². The molecule has 1 saturated heterocycles. The number of morpholine rings is 1. The number of aromatic nitrogens is 1. The van der Waals surface area contributed by atoms with Crippen molar-refractivity contribution in [3.63, 3.8) is 0 Å². The van der Waals surface area contributed by atoms with E-state index >= 15 is 0 Å². The summed E-state index contributed by atoms with van der Waals surface area (Å²) in [6, 6.07) is 24.4. The van der Waals surface area contributed by atoms with Gasteiger partial charge in [-0.1, -0.05) is 60.1 Å². The van der Waals surface area contributed by atoms with Gasteiger partial charge in [-0.05, 0) is 41.0 Å². The van der Waals surface area contributed by atoms with E-state index in [4.69, 9.17) is 21.1 Å². The first kappa shape index (κ1) is 26.3. The van der Waals surface area contributed by atoms with Crippen molar-refractivity contribution in [3.05, 3.63) is 101 Å². The molecule has 0 aliphatic carbocycles. The number of amides is 1. The molecule has 38 heavy (non-hydrogen) atoms. The Hall–Kier alpha value is -3.32. The Kier molecular flexibility index (Phi) is 8.64. The normalized spacial score (nSPS) is 14.9. The second-order valence-electron chi connectivity index (χ2n) is 9.66. The van der Waals surface area contributed by atoms with E-state index in [-0.39, 0.29) is 11.8 Å². The summed E-state index contributed by atoms with van der Waals surface area (Å²) in [5, 5.41) is 4.95. The second-order valence-corrected chi connectivity index (χ2v) is 10.1. The van der Waals surface area contributed by atoms with Crippen molar-refractivity contribution in [1.29, 1.82) is 0 Å². The minimum Gasteiger partial charge on any atom is -0.497 e. The van der Waals surface area contributed by atoms with Crippen LogP contribution in [0.25, 0.3) is 10.9 Å². The molecule has 5 rings (SSSR count). The molecule has 1 aliphatic rings. The number of fused-ring (bicyclic) bond motifs is 1. The molecule has 4 aromatic rings. The summed E-state index contributed by atoms with van der Waals surface area (Å²) in [7, 11) is 1.67. The SMILES string of the molecule is COc1ccc(Cn2cc(C(CC(=O)NCCN3CCOCC3)c3ccccc3Cl)c3ccccc32)cc1. The van der Waals surface area contributed by atoms with Crippen LogP contribution in [0.5, 0.6) is 5.75 Å². The first-order valence-electron chi connectivity index (χ1n) is 13.1. The monoisotopic (exact) mass is 531 g/mol. The van der Waals surface area contributed by atoms with Crippen LogP contribution in [-0.2, 0) is 16.1 Å². The molecule has 0 saturated carbocycles. The minimum atomic E-state index is -0.172. The van der Waals surface area contributed by atoms with Gasteiger partial charge in [0, 0.05) is 67.2 Å². The number of hydrogen-bond acceptors (Lipinski definition) is 4. The minimum absolute atomic E-state index is 0.0233. The molecule has 198 valence electrons. The Morgan fingerprint density at radius 1 is 1.00 bits per heavy atom. The van der Waals surface area contributed by atoms with Crippen LogP contribution in [-0.4, -0.2) is 61.9 Å². The van der Waals surface area contributed by atoms with E-state index in [1.165, 1.54) is 5.56 Å². The topological polar surface area (TPSA) is 55.7 Å². The fourth-order valence-corrected chi connectivity index (χ4v) is 5.46. The van der Waals surface area contributed by atoms with E-state index in [1.54, 1.807) is 7.11 Å². The number of nitrogens with zero attached hydrogens (tertiary/aromatic N) is 2. The lowest BCUT2D eigenvalue weighted by Crippen LogP contribution is -2.41. The molecule has 1 unspecified atom stereocenters. The molecule has 1 fully saturated rings. The van der Waals surface area contributed by atoms with Crippen molar-refractivity contribution in [2.75, 3.05) is 46.5 Å². The Labute approximate surface area is 229 Å². The van der Waals surface area contributed by atoms with Gasteiger partial charge < -0.3 is 19.4 Å². The Bertz CT molecular complexity index is 1360. The number of hydrogen-bond donors (Lipinski definition) is 1. The van der Waals surface area contributed by atoms with Crippen LogP contribution in [0, 0.1) is 0 Å². The number of rotatable bonds is 10. The molecular weight excluding hydrogens is 498 g/mol. The summed E-state index contributed by atoms with van der Waals surface area (Å²) >= 11 is 6.71. The fraction of sp³-hybridized carbons (Fsp3) is 0.323. The fourth-order valence-electron chi connectivity index (χ4n) is 5.19. The van der Waals surface area contributed by atoms with Gasteiger partial charge in [0.25, 0.3) is 0 Å². The number of nitrogens with one attached hydrogen (secondary N) is 1. The zero-order valence-electron chi connectivity index (χ0n) is 21.7. The van der Waals surface area contributed by atoms with E-state index < -0.39 is 0 Å². The van der Waals surface area contributed by atoms with Gasteiger partial charge in [-0.15, -0.1) is 0 Å². The molecule has 0 bridgehead atoms. The highest BCUT2D eigenvalue weighted by molar-refractivity contribution is 6.31. The summed E-state index contributed by atoms with van der Waals surface area (Å²) in [6.07, 6.45) is 2.51. The molecule has 1 aromatic heterocycles. The van der Waals surface area contributed by atoms with Crippen molar-refractivity contribution >= 4 is 28.4 Å². The lowest BCUT2D eigenvalue weighted by molar-refractivity contribution is -0.121. The lowest BCUT2D eigenvalue weighted by atomic mass is 9.88. The highest BCUT2D eigenvalue weighted by atomic mass is 35.5. The van der Waals surface area contributed by atoms with Crippen LogP contribution in [0.1, 0.15) is 29.0 Å². The van der Waals surface area contributed by atoms with Gasteiger partial charge in [0.2, 0.25) is 5.91 Å². The number of ether oxygens (including phenoxy) is 2. The van der Waals surface area contributed by atoms with Crippen molar-refractivity contribution in [2.24, 2.45) is 0 Å². The molecule has 3 aromatic carbocycles. The van der Waals surface area contributed by atoms with Crippen molar-refractivity contribution in [2.45, 2.75) is 18.9 Å². The van der Waals surface area contributed by atoms with Crippen LogP contribution >= 0.6 is 11.6 Å². The first-order chi connectivity index (χ1) is 18.6. The molecular formula is C31H34ClN3O3. The zero-order chi connectivity index (χ0) is 26.3. The molecule has 1 atom stereocenters. The molecule has 2 heterocycles. The third-order valence-electron chi connectivity index (χ3n) is 7.23. The molecule has 1 aliphatic heterocycles. The predicted octanol–water partition coefficient (Wildman–Crippen LogP) is 5.32. The third kappa shape index (κ3) is 6.21. The van der Waals surface area contributed by atoms with Gasteiger partial charge in [-0.2, -0.15) is 0 Å². The Morgan fingerprint density at radius 3 is 2.50 bits per heavy atom. The Balaban J connectivity index is 1.42. The summed E-state index contributed by atoms with van der Waals surface area (Å²) < 4.78 is 13.0. The highest BCUT2D eigenvalue weighted by Gasteiger charge is 2.24. The number of halogens is 1. The maximum absolute atomic E-state index is 13.2. The number of benzene rings is 3. The molecule has 0 radical (unpaired) electrons. The largest absolute Gasteiger partial charge is 0.497 e. The summed E-state index contributed by atoms with van der Waals surface area (Å²) in [5.41, 5.74) is 4.37. The van der Waals surface area contributed by atoms with Gasteiger partial charge in [0.1, 0.15) is 5.75 Å². The average Bonchev–Trinajstić information content (AvgIpc) is 3.31. The number of carbonyl (C=O) groups is 1. The van der Waals surface area contributed by atoms with Gasteiger partial charge in [-0.3, -0.25) is 9.69 Å². The standard InChI is InChI=1S/C31H34ClN3O3/c1-37-24-12-10-23(11-13-24)21-35-22-28(26-7-3-5-9-30(26)35)27(25-6-2-4-8-29(25)32)20-31(36)33-14-15-34-16-18-38-19-17-34/h2-13,22,27H,14-21H2,1H3,(H,33,36). The summed E-state index contributed by atoms with van der Waals surface area (Å²) in [5.74, 6) is 0.689. The first-order valence-corrected chi connectivity index (χ1v) is 13.5. The van der Waals surface area contributed by atoms with E-state index in [0.717, 1.165) is 60.6 Å². The summed E-state index contributed by atoms with van der Waals surface area (Å²) in [6.45, 7) is 5.48. The molecule has 1 N–H and O–H groups in total. The maximum Gasteiger partial charge on any atom is 0.220 e. The van der Waals surface area contributed by atoms with Crippen LogP contribution < -0.4 is 10.1 Å². The lowest BCUT2D eigenvalue weighted by Gasteiger charge is -2.26. The smallest absolute Gasteiger partial charge is 0.220 e. The van der Waals surface area contributed by atoms with Gasteiger partial charge >= 0.3 is 0 Å². The predicted molar refractivity (Wildman–Crippen MR) is 152 cm³/mol. The maximum atomic E-state index is 13.2. The summed E-state index contributed by atoms with van der Waals surface area (Å²) in [4.78, 5) is 15.6. The van der Waals surface area contributed by atoms with Gasteiger partial charge in [0.05, 0.1) is 20.3 Å². The molecule has 7 heteroatoms. The number of methoxy groups -OCH3 is 1. The van der Waals surface area contributed by atoms with Crippen molar-refractivity contribution in [3.8, 4) is 5.75 Å². The molecule has 6 nitrogen and oxygen atoms in total. The molecule has 0 spiro atoms. The van der Waals surface area contributed by atoms with E-state index in [2.05, 4.69) is 57.4 Å². The van der Waals surface area contributed by atoms with Crippen LogP contribution in [0.3, 0.4) is 0 Å². The van der Waals surface area contributed by atoms with Crippen LogP contribution in [0.2, 0.25) is 5.02 Å². The quantitative estimate of drug-likeness (QED) is 0.301.